The van der Waals surface area contributed by atoms with Crippen LogP contribution in [0.2, 0.25) is 0 Å². The molecule has 0 amide bonds. The van der Waals surface area contributed by atoms with E-state index in [0.29, 0.717) is 23.7 Å². The van der Waals surface area contributed by atoms with Crippen LogP contribution in [0.4, 0.5) is 10.5 Å². The molecular weight excluding hydrogens is 585 g/mol. The predicted octanol–water partition coefficient (Wildman–Crippen LogP) is 6.34. The molecule has 1 aliphatic heterocycles. The van der Waals surface area contributed by atoms with Crippen molar-refractivity contribution in [1.82, 2.24) is 9.38 Å². The van der Waals surface area contributed by atoms with Crippen LogP contribution in [-0.4, -0.2) is 52.5 Å². The zero-order chi connectivity index (χ0) is 26.4. The highest BCUT2D eigenvalue weighted by molar-refractivity contribution is 14.1. The molecule has 3 aromatic rings. The van der Waals surface area contributed by atoms with Gasteiger partial charge in [0.2, 0.25) is 0 Å². The van der Waals surface area contributed by atoms with E-state index >= 15 is 0 Å². The van der Waals surface area contributed by atoms with Gasteiger partial charge in [0.25, 0.3) is 0 Å². The number of rotatable bonds is 11. The molecule has 0 fully saturated rings. The highest BCUT2D eigenvalue weighted by Crippen LogP contribution is 2.44. The van der Waals surface area contributed by atoms with Crippen molar-refractivity contribution in [1.29, 1.82) is 0 Å². The molecule has 8 nitrogen and oxygen atoms in total. The summed E-state index contributed by atoms with van der Waals surface area (Å²) in [4.78, 5) is 17.7. The van der Waals surface area contributed by atoms with Crippen molar-refractivity contribution in [3.05, 3.63) is 65.1 Å². The van der Waals surface area contributed by atoms with Gasteiger partial charge in [0.05, 0.1) is 37.2 Å². The molecule has 0 radical (unpaired) electrons. The van der Waals surface area contributed by atoms with Crippen LogP contribution in [-0.2, 0) is 18.9 Å². The first-order valence-corrected chi connectivity index (χ1v) is 14.1. The summed E-state index contributed by atoms with van der Waals surface area (Å²) in [6.07, 6.45) is 3.00. The molecule has 4 atom stereocenters. The molecule has 3 heterocycles. The summed E-state index contributed by atoms with van der Waals surface area (Å²) < 4.78 is 25.7. The fraction of sp³-hybridized carbons (Fsp3) is 0.500. The van der Waals surface area contributed by atoms with Crippen LogP contribution in [0.3, 0.4) is 0 Å². The first-order valence-electron chi connectivity index (χ1n) is 12.8. The third kappa shape index (κ3) is 6.38. The number of hydrogen-bond acceptors (Lipinski definition) is 7. The van der Waals surface area contributed by atoms with Crippen molar-refractivity contribution in [3.63, 3.8) is 0 Å². The minimum atomic E-state index is -0.688. The summed E-state index contributed by atoms with van der Waals surface area (Å²) in [6.45, 7) is 7.31. The van der Waals surface area contributed by atoms with E-state index in [1.165, 1.54) is 0 Å². The summed E-state index contributed by atoms with van der Waals surface area (Å²) in [7, 11) is 1.64. The second-order valence-electron chi connectivity index (χ2n) is 9.27. The Hall–Kier alpha value is -2.37. The number of pyridine rings is 1. The van der Waals surface area contributed by atoms with E-state index in [4.69, 9.17) is 23.9 Å². The zero-order valence-corrected chi connectivity index (χ0v) is 24.1. The van der Waals surface area contributed by atoms with E-state index in [-0.39, 0.29) is 6.04 Å². The van der Waals surface area contributed by atoms with Crippen molar-refractivity contribution >= 4 is 40.1 Å². The first kappa shape index (κ1) is 27.7. The predicted molar refractivity (Wildman–Crippen MR) is 152 cm³/mol. The van der Waals surface area contributed by atoms with Gasteiger partial charge in [-0.3, -0.25) is 0 Å². The molecular formula is C28H36IN3O5. The number of nitrogens with zero attached hydrogens (tertiary/aromatic N) is 2. The third-order valence-corrected chi connectivity index (χ3v) is 8.34. The Morgan fingerprint density at radius 1 is 1.16 bits per heavy atom. The van der Waals surface area contributed by atoms with Gasteiger partial charge in [0, 0.05) is 28.5 Å². The molecule has 9 heteroatoms. The normalized spacial score (nSPS) is 19.8. The monoisotopic (exact) mass is 621 g/mol. The molecule has 2 aromatic heterocycles. The van der Waals surface area contributed by atoms with Crippen molar-refractivity contribution in [2.45, 2.75) is 62.2 Å². The number of aromatic nitrogens is 2. The number of hydrogen-bond donors (Lipinski definition) is 1. The highest BCUT2D eigenvalue weighted by Gasteiger charge is 2.42. The van der Waals surface area contributed by atoms with Gasteiger partial charge in [-0.25, -0.2) is 9.78 Å². The number of benzene rings is 1. The lowest BCUT2D eigenvalue weighted by Crippen LogP contribution is -2.41. The minimum absolute atomic E-state index is 0.327. The van der Waals surface area contributed by atoms with E-state index in [0.717, 1.165) is 53.1 Å². The summed E-state index contributed by atoms with van der Waals surface area (Å²) in [5.74, 6) is 0. The largest absolute Gasteiger partial charge is 0.508 e. The molecule has 1 unspecified atom stereocenters. The molecule has 1 N–H and O–H groups in total. The molecule has 200 valence electrons. The Morgan fingerprint density at radius 3 is 2.68 bits per heavy atom. The van der Waals surface area contributed by atoms with Gasteiger partial charge in [0.15, 0.2) is 11.8 Å². The fourth-order valence-corrected chi connectivity index (χ4v) is 5.08. The van der Waals surface area contributed by atoms with Gasteiger partial charge >= 0.3 is 6.16 Å². The van der Waals surface area contributed by atoms with Crippen LogP contribution >= 0.6 is 22.6 Å². The summed E-state index contributed by atoms with van der Waals surface area (Å²) in [6, 6.07) is 11.6. The SMILES string of the molecule is CCC(I)CCCOC(=O)O[C@@H]1[C@@H](c2ccccc2)Nc2c(ccn3c(C)c(C)nc23)[C@H]1OCCOC. The van der Waals surface area contributed by atoms with Gasteiger partial charge in [0.1, 0.15) is 6.10 Å². The van der Waals surface area contributed by atoms with E-state index in [1.54, 1.807) is 7.11 Å². The maximum atomic E-state index is 12.9. The number of carbonyl (C=O) groups is 1. The molecule has 0 bridgehead atoms. The molecule has 0 aliphatic carbocycles. The molecule has 1 aromatic carbocycles. The number of fused-ring (bicyclic) bond motifs is 3. The smallest absolute Gasteiger partial charge is 0.434 e. The van der Waals surface area contributed by atoms with Crippen LogP contribution in [0.1, 0.15) is 60.8 Å². The number of alkyl halides is 1. The number of aryl methyl sites for hydroxylation is 2. The molecule has 4 rings (SSSR count). The van der Waals surface area contributed by atoms with E-state index in [1.807, 2.05) is 49.5 Å². The molecule has 0 saturated carbocycles. The quantitative estimate of drug-likeness (QED) is 0.116. The van der Waals surface area contributed by atoms with Gasteiger partial charge in [-0.15, -0.1) is 0 Å². The van der Waals surface area contributed by atoms with E-state index in [9.17, 15) is 4.79 Å². The fourth-order valence-electron chi connectivity index (χ4n) is 4.64. The van der Waals surface area contributed by atoms with Gasteiger partial charge in [-0.2, -0.15) is 0 Å². The van der Waals surface area contributed by atoms with Crippen LogP contribution in [0, 0.1) is 13.8 Å². The standard InChI is InChI=1S/C28H36IN3O5/c1-5-21(29)12-9-15-36-28(33)37-26-23(20-10-7-6-8-11-20)31-24-22(25(26)35-17-16-34-4)13-14-32-19(3)18(2)30-27(24)32/h6-8,10-11,13-14,21,23,25-26,31H,5,9,12,15-17H2,1-4H3/t21?,23-,25-,26-/m1/s1. The van der Waals surface area contributed by atoms with Gasteiger partial charge < -0.3 is 28.7 Å². The van der Waals surface area contributed by atoms with Crippen LogP contribution in [0.15, 0.2) is 42.6 Å². The Morgan fingerprint density at radius 2 is 1.95 bits per heavy atom. The van der Waals surface area contributed by atoms with Crippen LogP contribution < -0.4 is 5.32 Å². The second-order valence-corrected chi connectivity index (χ2v) is 11.0. The molecule has 1 aliphatic rings. The number of imidazole rings is 1. The number of anilines is 1. The van der Waals surface area contributed by atoms with Gasteiger partial charge in [-0.05, 0) is 44.7 Å². The Kier molecular flexibility index (Phi) is 9.66. The topological polar surface area (TPSA) is 83.3 Å². The van der Waals surface area contributed by atoms with E-state index < -0.39 is 18.4 Å². The van der Waals surface area contributed by atoms with Gasteiger partial charge in [-0.1, -0.05) is 59.8 Å². The number of carbonyl (C=O) groups excluding carboxylic acids is 1. The second kappa shape index (κ2) is 12.9. The molecule has 0 saturated heterocycles. The average Bonchev–Trinajstić information content (AvgIpc) is 3.21. The first-order chi connectivity index (χ1) is 17.9. The maximum absolute atomic E-state index is 12.9. The number of methoxy groups -OCH3 is 1. The maximum Gasteiger partial charge on any atom is 0.508 e. The lowest BCUT2D eigenvalue weighted by atomic mass is 9.88. The van der Waals surface area contributed by atoms with Crippen molar-refractivity contribution in [2.24, 2.45) is 0 Å². The van der Waals surface area contributed by atoms with Crippen molar-refractivity contribution < 1.29 is 23.7 Å². The summed E-state index contributed by atoms with van der Waals surface area (Å²) >= 11 is 2.43. The highest BCUT2D eigenvalue weighted by atomic mass is 127. The zero-order valence-electron chi connectivity index (χ0n) is 21.9. The molecule has 0 spiro atoms. The minimum Gasteiger partial charge on any atom is -0.434 e. The van der Waals surface area contributed by atoms with Crippen LogP contribution in [0.25, 0.3) is 5.65 Å². The number of nitrogens with one attached hydrogen (secondary N) is 1. The number of ether oxygens (including phenoxy) is 4. The molecule has 37 heavy (non-hydrogen) atoms. The Labute approximate surface area is 232 Å². The average molecular weight is 622 g/mol. The lowest BCUT2D eigenvalue weighted by molar-refractivity contribution is -0.0835. The lowest BCUT2D eigenvalue weighted by Gasteiger charge is -2.39. The van der Waals surface area contributed by atoms with E-state index in [2.05, 4.69) is 46.2 Å². The van der Waals surface area contributed by atoms with Crippen molar-refractivity contribution in [3.8, 4) is 0 Å². The van der Waals surface area contributed by atoms with Crippen LogP contribution in [0.5, 0.6) is 0 Å². The number of halogens is 1. The third-order valence-electron chi connectivity index (χ3n) is 6.84. The summed E-state index contributed by atoms with van der Waals surface area (Å²) in [5.41, 5.74) is 5.58. The Balaban J connectivity index is 1.67. The van der Waals surface area contributed by atoms with Crippen molar-refractivity contribution in [2.75, 3.05) is 32.2 Å². The summed E-state index contributed by atoms with van der Waals surface area (Å²) in [5, 5.41) is 3.63. The Bertz CT molecular complexity index is 1190.